The first-order valence-electron chi connectivity index (χ1n) is 7.85. The van der Waals surface area contributed by atoms with Crippen LogP contribution in [0.25, 0.3) is 0 Å². The molecule has 1 atom stereocenters. The lowest BCUT2D eigenvalue weighted by molar-refractivity contribution is -0.133. The molecule has 26 heavy (non-hydrogen) atoms. The lowest BCUT2D eigenvalue weighted by Crippen LogP contribution is -2.55. The minimum Gasteiger partial charge on any atom is -0.493 e. The SMILES string of the molecule is COc1ccc(C2(O)C(=O)c3ccccc3N(C)C2=O)c(OC)c1OC. The summed E-state index contributed by atoms with van der Waals surface area (Å²) in [5.74, 6) is -0.901. The molecule has 1 amide bonds. The zero-order valence-corrected chi connectivity index (χ0v) is 14.9. The smallest absolute Gasteiger partial charge is 0.271 e. The molecule has 136 valence electrons. The van der Waals surface area contributed by atoms with Gasteiger partial charge in [-0.3, -0.25) is 9.59 Å². The highest BCUT2D eigenvalue weighted by Gasteiger charge is 2.54. The van der Waals surface area contributed by atoms with E-state index in [1.807, 2.05) is 0 Å². The summed E-state index contributed by atoms with van der Waals surface area (Å²) >= 11 is 0. The van der Waals surface area contributed by atoms with Gasteiger partial charge in [-0.05, 0) is 24.3 Å². The zero-order valence-electron chi connectivity index (χ0n) is 14.9. The van der Waals surface area contributed by atoms with E-state index in [2.05, 4.69) is 0 Å². The van der Waals surface area contributed by atoms with E-state index in [1.165, 1.54) is 45.4 Å². The Labute approximate surface area is 150 Å². The molecule has 0 saturated carbocycles. The van der Waals surface area contributed by atoms with Gasteiger partial charge in [-0.1, -0.05) is 12.1 Å². The molecule has 0 radical (unpaired) electrons. The fourth-order valence-electron chi connectivity index (χ4n) is 3.23. The van der Waals surface area contributed by atoms with Crippen LogP contribution in [0.2, 0.25) is 0 Å². The maximum Gasteiger partial charge on any atom is 0.271 e. The number of aliphatic hydroxyl groups is 1. The van der Waals surface area contributed by atoms with E-state index in [1.54, 1.807) is 24.3 Å². The van der Waals surface area contributed by atoms with Crippen LogP contribution in [0.4, 0.5) is 5.69 Å². The van der Waals surface area contributed by atoms with Gasteiger partial charge in [0.15, 0.2) is 11.5 Å². The summed E-state index contributed by atoms with van der Waals surface area (Å²) < 4.78 is 15.9. The monoisotopic (exact) mass is 357 g/mol. The van der Waals surface area contributed by atoms with E-state index in [0.717, 1.165) is 0 Å². The molecular weight excluding hydrogens is 338 g/mol. The molecule has 1 aliphatic rings. The standard InChI is InChI=1S/C19H19NO6/c1-20-13-8-6-5-7-11(13)17(21)19(23,18(20)22)12-9-10-14(24-2)16(26-4)15(12)25-3/h5-10,23H,1-4H3. The average molecular weight is 357 g/mol. The number of benzene rings is 2. The highest BCUT2D eigenvalue weighted by molar-refractivity contribution is 6.27. The number of Topliss-reactive ketones (excluding diaryl/α,β-unsaturated/α-hetero) is 1. The minimum absolute atomic E-state index is 0.00555. The van der Waals surface area contributed by atoms with E-state index in [9.17, 15) is 14.7 Å². The van der Waals surface area contributed by atoms with E-state index in [0.29, 0.717) is 11.4 Å². The first-order valence-corrected chi connectivity index (χ1v) is 7.85. The predicted octanol–water partition coefficient (Wildman–Crippen LogP) is 1.76. The summed E-state index contributed by atoms with van der Waals surface area (Å²) in [6.45, 7) is 0. The molecule has 0 spiro atoms. The number of fused-ring (bicyclic) bond motifs is 1. The van der Waals surface area contributed by atoms with Gasteiger partial charge in [0.05, 0.1) is 27.0 Å². The van der Waals surface area contributed by atoms with Gasteiger partial charge < -0.3 is 24.2 Å². The van der Waals surface area contributed by atoms with E-state index in [4.69, 9.17) is 14.2 Å². The molecule has 7 heteroatoms. The highest BCUT2D eigenvalue weighted by Crippen LogP contribution is 2.47. The van der Waals surface area contributed by atoms with Crippen molar-refractivity contribution in [1.82, 2.24) is 0 Å². The number of anilines is 1. The summed E-state index contributed by atoms with van der Waals surface area (Å²) in [7, 11) is 5.72. The Kier molecular flexibility index (Phi) is 4.33. The lowest BCUT2D eigenvalue weighted by Gasteiger charge is -2.37. The molecule has 1 aliphatic heterocycles. The first kappa shape index (κ1) is 17.8. The molecule has 0 aliphatic carbocycles. The van der Waals surface area contributed by atoms with E-state index in [-0.39, 0.29) is 22.6 Å². The van der Waals surface area contributed by atoms with E-state index < -0.39 is 17.3 Å². The third-order valence-electron chi connectivity index (χ3n) is 4.55. The van der Waals surface area contributed by atoms with Crippen LogP contribution < -0.4 is 19.1 Å². The van der Waals surface area contributed by atoms with Gasteiger partial charge in [0, 0.05) is 18.2 Å². The summed E-state index contributed by atoms with van der Waals surface area (Å²) in [6.07, 6.45) is 0. The largest absolute Gasteiger partial charge is 0.493 e. The van der Waals surface area contributed by atoms with Crippen LogP contribution in [-0.4, -0.2) is 45.2 Å². The van der Waals surface area contributed by atoms with Crippen molar-refractivity contribution in [2.75, 3.05) is 33.3 Å². The number of rotatable bonds is 4. The molecule has 0 fully saturated rings. The number of amides is 1. The van der Waals surface area contributed by atoms with Gasteiger partial charge in [0.25, 0.3) is 5.91 Å². The van der Waals surface area contributed by atoms with Crippen LogP contribution in [0, 0.1) is 0 Å². The van der Waals surface area contributed by atoms with Crippen LogP contribution in [0.3, 0.4) is 0 Å². The van der Waals surface area contributed by atoms with Crippen molar-refractivity contribution in [3.63, 3.8) is 0 Å². The summed E-state index contributed by atoms with van der Waals surface area (Å²) in [5.41, 5.74) is -1.76. The molecule has 0 saturated heterocycles. The zero-order chi connectivity index (χ0) is 19.1. The minimum atomic E-state index is -2.44. The van der Waals surface area contributed by atoms with E-state index >= 15 is 0 Å². The highest BCUT2D eigenvalue weighted by atomic mass is 16.5. The van der Waals surface area contributed by atoms with Crippen molar-refractivity contribution in [2.45, 2.75) is 5.60 Å². The van der Waals surface area contributed by atoms with Gasteiger partial charge in [-0.2, -0.15) is 0 Å². The van der Waals surface area contributed by atoms with Crippen LogP contribution >= 0.6 is 0 Å². The maximum atomic E-state index is 13.1. The summed E-state index contributed by atoms with van der Waals surface area (Å²) in [4.78, 5) is 27.3. The molecule has 1 N–H and O–H groups in total. The van der Waals surface area contributed by atoms with Crippen LogP contribution in [0.5, 0.6) is 17.2 Å². The van der Waals surface area contributed by atoms with Crippen molar-refractivity contribution in [2.24, 2.45) is 0 Å². The fourth-order valence-corrected chi connectivity index (χ4v) is 3.23. The number of carbonyl (C=O) groups excluding carboxylic acids is 2. The normalized spacial score (nSPS) is 19.2. The third-order valence-corrected chi connectivity index (χ3v) is 4.55. The number of ether oxygens (including phenoxy) is 3. The fraction of sp³-hybridized carbons (Fsp3) is 0.263. The second-order valence-electron chi connectivity index (χ2n) is 5.80. The third kappa shape index (κ3) is 2.24. The lowest BCUT2D eigenvalue weighted by atomic mass is 9.80. The Morgan fingerprint density at radius 2 is 1.58 bits per heavy atom. The Balaban J connectivity index is 2.29. The Morgan fingerprint density at radius 1 is 0.923 bits per heavy atom. The Bertz CT molecular complexity index is 894. The van der Waals surface area contributed by atoms with Crippen LogP contribution in [0.1, 0.15) is 15.9 Å². The number of hydrogen-bond donors (Lipinski definition) is 1. The summed E-state index contributed by atoms with van der Waals surface area (Å²) in [6, 6.07) is 9.55. The van der Waals surface area contributed by atoms with Crippen LogP contribution in [0.15, 0.2) is 36.4 Å². The predicted molar refractivity (Wildman–Crippen MR) is 94.2 cm³/mol. The maximum absolute atomic E-state index is 13.1. The molecule has 2 aromatic carbocycles. The molecular formula is C19H19NO6. The molecule has 0 bridgehead atoms. The summed E-state index contributed by atoms with van der Waals surface area (Å²) in [5, 5.41) is 11.3. The number of methoxy groups -OCH3 is 3. The quantitative estimate of drug-likeness (QED) is 0.840. The van der Waals surface area contributed by atoms with Crippen molar-refractivity contribution in [1.29, 1.82) is 0 Å². The molecule has 3 rings (SSSR count). The molecule has 2 aromatic rings. The van der Waals surface area contributed by atoms with Gasteiger partial charge in [0.2, 0.25) is 17.1 Å². The molecule has 0 aromatic heterocycles. The second-order valence-corrected chi connectivity index (χ2v) is 5.80. The van der Waals surface area contributed by atoms with Crippen molar-refractivity contribution in [3.8, 4) is 17.2 Å². The van der Waals surface area contributed by atoms with Crippen molar-refractivity contribution >= 4 is 17.4 Å². The molecule has 1 heterocycles. The van der Waals surface area contributed by atoms with Crippen molar-refractivity contribution < 1.29 is 28.9 Å². The van der Waals surface area contributed by atoms with Crippen molar-refractivity contribution in [3.05, 3.63) is 47.5 Å². The number of para-hydroxylation sites is 1. The first-order chi connectivity index (χ1) is 12.4. The number of ketones is 1. The number of likely N-dealkylation sites (N-methyl/N-ethyl adjacent to an activating group) is 1. The second kappa shape index (κ2) is 6.34. The average Bonchev–Trinajstić information content (AvgIpc) is 2.69. The van der Waals surface area contributed by atoms with Gasteiger partial charge >= 0.3 is 0 Å². The van der Waals surface area contributed by atoms with Crippen LogP contribution in [-0.2, 0) is 10.4 Å². The topological polar surface area (TPSA) is 85.3 Å². The Hall–Kier alpha value is -3.06. The number of nitrogens with zero attached hydrogens (tertiary/aromatic N) is 1. The molecule has 1 unspecified atom stereocenters. The molecule has 7 nitrogen and oxygen atoms in total. The van der Waals surface area contributed by atoms with Gasteiger partial charge in [-0.25, -0.2) is 0 Å². The Morgan fingerprint density at radius 3 is 2.19 bits per heavy atom. The van der Waals surface area contributed by atoms with Gasteiger partial charge in [-0.15, -0.1) is 0 Å². The number of carbonyl (C=O) groups is 2. The van der Waals surface area contributed by atoms with Gasteiger partial charge in [0.1, 0.15) is 0 Å². The number of hydrogen-bond acceptors (Lipinski definition) is 6.